The number of amides is 1. The van der Waals surface area contributed by atoms with Gasteiger partial charge in [0.25, 0.3) is 0 Å². The molecule has 3 heterocycles. The van der Waals surface area contributed by atoms with Crippen molar-refractivity contribution >= 4 is 39.6 Å². The minimum atomic E-state index is -2.31. The number of carbonyl (C=O) groups excluding carboxylic acids is 1. The molecule has 1 amide bonds. The van der Waals surface area contributed by atoms with Crippen molar-refractivity contribution in [1.82, 2.24) is 9.97 Å². The van der Waals surface area contributed by atoms with Gasteiger partial charge in [0, 0.05) is 0 Å². The molecule has 0 atom stereocenters. The Balaban J connectivity index is 2.00. The van der Waals surface area contributed by atoms with Gasteiger partial charge in [0.15, 0.2) is 0 Å². The molecule has 0 radical (unpaired) electrons. The van der Waals surface area contributed by atoms with Gasteiger partial charge in [-0.2, -0.15) is 0 Å². The van der Waals surface area contributed by atoms with E-state index in [-0.39, 0.29) is 11.9 Å². The Labute approximate surface area is 129 Å². The third-order valence-electron chi connectivity index (χ3n) is 3.98. The third-order valence-corrected chi connectivity index (χ3v) is 9.06. The number of rotatable bonds is 2. The van der Waals surface area contributed by atoms with Crippen LogP contribution in [0.5, 0.6) is 0 Å². The summed E-state index contributed by atoms with van der Waals surface area (Å²) in [4.78, 5) is 30.5. The quantitative estimate of drug-likeness (QED) is 0.754. The van der Waals surface area contributed by atoms with E-state index < -0.39 is 18.4 Å². The van der Waals surface area contributed by atoms with Gasteiger partial charge in [0.2, 0.25) is 0 Å². The van der Waals surface area contributed by atoms with Gasteiger partial charge in [0.1, 0.15) is 0 Å². The molecule has 0 spiro atoms. The molecule has 1 N–H and O–H groups in total. The fraction of sp³-hybridized carbons (Fsp3) is 0.643. The van der Waals surface area contributed by atoms with E-state index in [0.29, 0.717) is 19.8 Å². The summed E-state index contributed by atoms with van der Waals surface area (Å²) in [6, 6.07) is 0.187. The first kappa shape index (κ1) is 15.0. The van der Waals surface area contributed by atoms with Crippen molar-refractivity contribution in [2.75, 3.05) is 30.0 Å². The number of carbonyl (C=O) groups is 1. The van der Waals surface area contributed by atoms with Crippen LogP contribution in [-0.2, 0) is 9.53 Å². The van der Waals surface area contributed by atoms with Crippen LogP contribution in [0, 0.1) is 0 Å². The van der Waals surface area contributed by atoms with Crippen LogP contribution in [0.15, 0.2) is 6.20 Å². The monoisotopic (exact) mass is 398 g/mol. The molecular formula is C14H22N4O2Sn. The Hall–Kier alpha value is -0.891. The van der Waals surface area contributed by atoms with E-state index >= 15 is 0 Å². The second-order valence-corrected chi connectivity index (χ2v) is 20.9. The summed E-state index contributed by atoms with van der Waals surface area (Å²) in [5.74, 6) is 1.55. The molecule has 1 aromatic rings. The van der Waals surface area contributed by atoms with E-state index in [4.69, 9.17) is 9.72 Å². The average Bonchev–Trinajstić information content (AvgIpc) is 2.46. The van der Waals surface area contributed by atoms with E-state index in [1.807, 2.05) is 11.1 Å². The number of fused-ring (bicyclic) bond motifs is 1. The summed E-state index contributed by atoms with van der Waals surface area (Å²) in [5, 5.41) is 3.09. The number of anilines is 2. The van der Waals surface area contributed by atoms with Crippen LogP contribution >= 0.6 is 0 Å². The van der Waals surface area contributed by atoms with Gasteiger partial charge in [0.05, 0.1) is 0 Å². The average molecular weight is 397 g/mol. The second kappa shape index (κ2) is 5.72. The Morgan fingerprint density at radius 1 is 1.33 bits per heavy atom. The SMILES string of the molecule is [CH3][Sn]([CH3])([CH3])[c]1cnc2c(n1)N(C1CCOCC1)C(=O)CN2. The molecule has 7 heteroatoms. The predicted octanol–water partition coefficient (Wildman–Crippen LogP) is 0.959. The van der Waals surface area contributed by atoms with Crippen LogP contribution in [-0.4, -0.2) is 60.1 Å². The van der Waals surface area contributed by atoms with Gasteiger partial charge in [-0.15, -0.1) is 0 Å². The van der Waals surface area contributed by atoms with Crippen molar-refractivity contribution in [3.8, 4) is 0 Å². The van der Waals surface area contributed by atoms with Crippen LogP contribution in [0.3, 0.4) is 0 Å². The molecule has 2 aliphatic rings. The molecule has 0 unspecified atom stereocenters. The first-order valence-corrected chi connectivity index (χ1v) is 17.5. The molecule has 0 saturated carbocycles. The molecule has 1 aromatic heterocycles. The molecule has 3 rings (SSSR count). The number of hydrogen-bond acceptors (Lipinski definition) is 5. The first-order valence-electron chi connectivity index (χ1n) is 7.48. The third kappa shape index (κ3) is 3.01. The van der Waals surface area contributed by atoms with Gasteiger partial charge in [-0.25, -0.2) is 0 Å². The van der Waals surface area contributed by atoms with Crippen molar-refractivity contribution in [1.29, 1.82) is 0 Å². The zero-order valence-corrected chi connectivity index (χ0v) is 15.7. The Morgan fingerprint density at radius 3 is 2.71 bits per heavy atom. The predicted molar refractivity (Wildman–Crippen MR) is 84.8 cm³/mol. The van der Waals surface area contributed by atoms with Crippen molar-refractivity contribution in [2.45, 2.75) is 33.7 Å². The van der Waals surface area contributed by atoms with E-state index in [1.165, 1.54) is 0 Å². The summed E-state index contributed by atoms with van der Waals surface area (Å²) in [6.45, 7) is 1.73. The fourth-order valence-corrected chi connectivity index (χ4v) is 5.27. The zero-order valence-electron chi connectivity index (χ0n) is 12.8. The Bertz CT molecular complexity index is 552. The topological polar surface area (TPSA) is 67.3 Å². The molecule has 6 nitrogen and oxygen atoms in total. The van der Waals surface area contributed by atoms with Crippen LogP contribution in [0.2, 0.25) is 14.8 Å². The minimum absolute atomic E-state index is 0.0879. The summed E-state index contributed by atoms with van der Waals surface area (Å²) in [6.07, 6.45) is 3.63. The fourth-order valence-electron chi connectivity index (χ4n) is 2.72. The van der Waals surface area contributed by atoms with Gasteiger partial charge < -0.3 is 0 Å². The maximum atomic E-state index is 12.4. The summed E-state index contributed by atoms with van der Waals surface area (Å²) >= 11 is -2.31. The number of nitrogens with zero attached hydrogens (tertiary/aromatic N) is 3. The molecule has 0 bridgehead atoms. The van der Waals surface area contributed by atoms with Gasteiger partial charge in [-0.1, -0.05) is 0 Å². The molecule has 21 heavy (non-hydrogen) atoms. The van der Waals surface area contributed by atoms with E-state index in [2.05, 4.69) is 25.1 Å². The number of aromatic nitrogens is 2. The summed E-state index contributed by atoms with van der Waals surface area (Å²) in [7, 11) is 0. The first-order chi connectivity index (χ1) is 9.97. The van der Waals surface area contributed by atoms with Crippen LogP contribution in [0.4, 0.5) is 11.6 Å². The molecular weight excluding hydrogens is 375 g/mol. The van der Waals surface area contributed by atoms with Gasteiger partial charge >= 0.3 is 129 Å². The standard InChI is InChI=1S/C11H13N4O2.3CH3.Sn/c16-9-7-14-10-11(13-4-3-12-10)15(9)8-1-5-17-6-2-8;;;;/h3,8H,1-2,5-7H2,(H,12,14);3*1H3;. The second-order valence-electron chi connectivity index (χ2n) is 6.64. The van der Waals surface area contributed by atoms with Crippen LogP contribution in [0.1, 0.15) is 12.8 Å². The number of ether oxygens (including phenoxy) is 1. The molecule has 0 aliphatic carbocycles. The van der Waals surface area contributed by atoms with E-state index in [1.54, 1.807) is 0 Å². The van der Waals surface area contributed by atoms with Crippen molar-refractivity contribution in [2.24, 2.45) is 0 Å². The van der Waals surface area contributed by atoms with Crippen LogP contribution < -0.4 is 13.9 Å². The van der Waals surface area contributed by atoms with E-state index in [9.17, 15) is 4.79 Å². The van der Waals surface area contributed by atoms with Crippen molar-refractivity contribution < 1.29 is 9.53 Å². The zero-order chi connectivity index (χ0) is 15.0. The van der Waals surface area contributed by atoms with Crippen molar-refractivity contribution in [3.05, 3.63) is 6.20 Å². The molecule has 1 saturated heterocycles. The molecule has 114 valence electrons. The Kier molecular flexibility index (Phi) is 4.09. The maximum absolute atomic E-state index is 12.4. The Morgan fingerprint density at radius 2 is 2.05 bits per heavy atom. The van der Waals surface area contributed by atoms with Gasteiger partial charge in [-0.05, 0) is 0 Å². The molecule has 2 aliphatic heterocycles. The summed E-state index contributed by atoms with van der Waals surface area (Å²) in [5.41, 5.74) is 0. The van der Waals surface area contributed by atoms with Crippen molar-refractivity contribution in [3.63, 3.8) is 0 Å². The van der Waals surface area contributed by atoms with Crippen LogP contribution in [0.25, 0.3) is 0 Å². The number of nitrogens with one attached hydrogen (secondary N) is 1. The molecule has 1 fully saturated rings. The summed E-state index contributed by atoms with van der Waals surface area (Å²) < 4.78 is 6.52. The van der Waals surface area contributed by atoms with Gasteiger partial charge in [-0.3, -0.25) is 0 Å². The van der Waals surface area contributed by atoms with E-state index in [0.717, 1.165) is 28.2 Å². The number of hydrogen-bond donors (Lipinski definition) is 1. The normalized spacial score (nSPS) is 20.1. The molecule has 0 aromatic carbocycles.